The molecule has 4 nitrogen and oxygen atoms in total. The van der Waals surface area contributed by atoms with Gasteiger partial charge in [-0.3, -0.25) is 4.99 Å². The standard InChI is InChI=1S/C16H18ClFN4.HI/c1-19-16(22-11-13-3-2-4-14(18)9-13)20-8-7-12-5-6-15(17)21-10-12;/h2-6,9-10H,7-8,11H2,1H3,(H2,19,20,22);1H. The van der Waals surface area contributed by atoms with E-state index in [4.69, 9.17) is 11.6 Å². The van der Waals surface area contributed by atoms with Crippen molar-refractivity contribution in [3.63, 3.8) is 0 Å². The van der Waals surface area contributed by atoms with Gasteiger partial charge in [0.05, 0.1) is 0 Å². The van der Waals surface area contributed by atoms with Gasteiger partial charge in [-0.15, -0.1) is 24.0 Å². The molecule has 2 rings (SSSR count). The van der Waals surface area contributed by atoms with Crippen LogP contribution in [0.25, 0.3) is 0 Å². The van der Waals surface area contributed by atoms with E-state index < -0.39 is 0 Å². The lowest BCUT2D eigenvalue weighted by Gasteiger charge is -2.12. The number of halogens is 3. The van der Waals surface area contributed by atoms with Crippen LogP contribution < -0.4 is 10.6 Å². The maximum absolute atomic E-state index is 13.1. The number of aromatic nitrogens is 1. The fraction of sp³-hybridized carbons (Fsp3) is 0.250. The van der Waals surface area contributed by atoms with Crippen LogP contribution in [0.15, 0.2) is 47.6 Å². The second-order valence-corrected chi connectivity index (χ2v) is 5.11. The minimum absolute atomic E-state index is 0. The smallest absolute Gasteiger partial charge is 0.191 e. The minimum Gasteiger partial charge on any atom is -0.356 e. The molecule has 0 atom stereocenters. The normalized spacial score (nSPS) is 10.8. The van der Waals surface area contributed by atoms with E-state index in [-0.39, 0.29) is 29.8 Å². The Hall–Kier alpha value is -1.41. The molecule has 1 aromatic heterocycles. The summed E-state index contributed by atoms with van der Waals surface area (Å²) >= 11 is 5.75. The van der Waals surface area contributed by atoms with Crippen LogP contribution in [0.5, 0.6) is 0 Å². The molecule has 0 aliphatic heterocycles. The molecule has 0 fully saturated rings. The number of hydrogen-bond donors (Lipinski definition) is 2. The Kier molecular flexibility index (Phi) is 8.86. The van der Waals surface area contributed by atoms with E-state index in [0.29, 0.717) is 24.2 Å². The van der Waals surface area contributed by atoms with Crippen molar-refractivity contribution >= 4 is 41.5 Å². The molecule has 7 heteroatoms. The van der Waals surface area contributed by atoms with Crippen molar-refractivity contribution in [2.45, 2.75) is 13.0 Å². The third-order valence-corrected chi connectivity index (χ3v) is 3.29. The number of nitrogens with one attached hydrogen (secondary N) is 2. The molecule has 1 heterocycles. The Balaban J connectivity index is 0.00000264. The highest BCUT2D eigenvalue weighted by Crippen LogP contribution is 2.05. The third-order valence-electron chi connectivity index (χ3n) is 3.07. The van der Waals surface area contributed by atoms with Crippen LogP contribution >= 0.6 is 35.6 Å². The Morgan fingerprint density at radius 3 is 2.70 bits per heavy atom. The molecule has 0 amide bonds. The largest absolute Gasteiger partial charge is 0.356 e. The van der Waals surface area contributed by atoms with E-state index in [1.807, 2.05) is 12.1 Å². The van der Waals surface area contributed by atoms with Crippen LogP contribution in [0.1, 0.15) is 11.1 Å². The van der Waals surface area contributed by atoms with Crippen LogP contribution in [0, 0.1) is 5.82 Å². The van der Waals surface area contributed by atoms with Gasteiger partial charge in [0.15, 0.2) is 5.96 Å². The molecular weight excluding hydrogens is 430 g/mol. The molecule has 23 heavy (non-hydrogen) atoms. The number of aliphatic imine (C=N–C) groups is 1. The first-order valence-corrected chi connectivity index (χ1v) is 7.34. The van der Waals surface area contributed by atoms with Gasteiger partial charge in [-0.1, -0.05) is 29.8 Å². The topological polar surface area (TPSA) is 49.3 Å². The Morgan fingerprint density at radius 1 is 1.22 bits per heavy atom. The molecule has 0 saturated heterocycles. The van der Waals surface area contributed by atoms with Gasteiger partial charge >= 0.3 is 0 Å². The van der Waals surface area contributed by atoms with Crippen molar-refractivity contribution in [2.24, 2.45) is 4.99 Å². The van der Waals surface area contributed by atoms with E-state index in [2.05, 4.69) is 20.6 Å². The van der Waals surface area contributed by atoms with Crippen molar-refractivity contribution in [1.82, 2.24) is 15.6 Å². The predicted octanol–water partition coefficient (Wildman–Crippen LogP) is 3.40. The first-order valence-electron chi connectivity index (χ1n) is 6.97. The summed E-state index contributed by atoms with van der Waals surface area (Å²) in [6.07, 6.45) is 2.57. The average Bonchev–Trinajstić information content (AvgIpc) is 2.52. The number of nitrogens with zero attached hydrogens (tertiary/aromatic N) is 2. The van der Waals surface area contributed by atoms with Gasteiger partial charge in [-0.05, 0) is 35.7 Å². The van der Waals surface area contributed by atoms with E-state index in [0.717, 1.165) is 17.5 Å². The molecule has 2 N–H and O–H groups in total. The van der Waals surface area contributed by atoms with Gasteiger partial charge in [-0.2, -0.15) is 0 Å². The number of pyridine rings is 1. The first-order chi connectivity index (χ1) is 10.7. The Labute approximate surface area is 157 Å². The summed E-state index contributed by atoms with van der Waals surface area (Å²) in [6, 6.07) is 10.2. The second kappa shape index (κ2) is 10.4. The highest BCUT2D eigenvalue weighted by Gasteiger charge is 2.00. The zero-order chi connectivity index (χ0) is 15.8. The summed E-state index contributed by atoms with van der Waals surface area (Å²) in [5.41, 5.74) is 1.96. The summed E-state index contributed by atoms with van der Waals surface area (Å²) in [7, 11) is 1.70. The van der Waals surface area contributed by atoms with Gasteiger partial charge in [0.2, 0.25) is 0 Å². The fourth-order valence-corrected chi connectivity index (χ4v) is 2.04. The van der Waals surface area contributed by atoms with Crippen LogP contribution in [0.3, 0.4) is 0 Å². The van der Waals surface area contributed by atoms with E-state index in [1.54, 1.807) is 25.4 Å². The zero-order valence-electron chi connectivity index (χ0n) is 12.7. The highest BCUT2D eigenvalue weighted by molar-refractivity contribution is 14.0. The van der Waals surface area contributed by atoms with E-state index in [1.165, 1.54) is 12.1 Å². The maximum atomic E-state index is 13.1. The summed E-state index contributed by atoms with van der Waals surface area (Å²) in [4.78, 5) is 8.17. The van der Waals surface area contributed by atoms with E-state index in [9.17, 15) is 4.39 Å². The molecule has 0 aliphatic rings. The van der Waals surface area contributed by atoms with Crippen molar-refractivity contribution in [2.75, 3.05) is 13.6 Å². The van der Waals surface area contributed by atoms with Gasteiger partial charge in [0.1, 0.15) is 11.0 Å². The lowest BCUT2D eigenvalue weighted by atomic mass is 10.2. The predicted molar refractivity (Wildman–Crippen MR) is 103 cm³/mol. The molecule has 0 spiro atoms. The molecule has 2 aromatic rings. The molecule has 0 unspecified atom stereocenters. The molecule has 0 aliphatic carbocycles. The van der Waals surface area contributed by atoms with Crippen molar-refractivity contribution < 1.29 is 4.39 Å². The van der Waals surface area contributed by atoms with Gasteiger partial charge < -0.3 is 10.6 Å². The van der Waals surface area contributed by atoms with Gasteiger partial charge in [-0.25, -0.2) is 9.37 Å². The quantitative estimate of drug-likeness (QED) is 0.319. The number of rotatable bonds is 5. The summed E-state index contributed by atoms with van der Waals surface area (Å²) in [5.74, 6) is 0.434. The molecule has 0 saturated carbocycles. The number of benzene rings is 1. The van der Waals surface area contributed by atoms with Gasteiger partial charge in [0, 0.05) is 26.3 Å². The lowest BCUT2D eigenvalue weighted by molar-refractivity contribution is 0.624. The second-order valence-electron chi connectivity index (χ2n) is 4.72. The summed E-state index contributed by atoms with van der Waals surface area (Å²) in [6.45, 7) is 1.23. The lowest BCUT2D eigenvalue weighted by Crippen LogP contribution is -2.37. The summed E-state index contributed by atoms with van der Waals surface area (Å²) < 4.78 is 13.1. The molecular formula is C16H19ClFIN4. The van der Waals surface area contributed by atoms with Gasteiger partial charge in [0.25, 0.3) is 0 Å². The maximum Gasteiger partial charge on any atom is 0.191 e. The molecule has 0 radical (unpaired) electrons. The zero-order valence-corrected chi connectivity index (χ0v) is 15.8. The SMILES string of the molecule is CN=C(NCCc1ccc(Cl)nc1)NCc1cccc(F)c1.I. The van der Waals surface area contributed by atoms with Crippen LogP contribution in [-0.2, 0) is 13.0 Å². The highest BCUT2D eigenvalue weighted by atomic mass is 127. The minimum atomic E-state index is -0.238. The van der Waals surface area contributed by atoms with Crippen molar-refractivity contribution in [3.8, 4) is 0 Å². The number of hydrogen-bond acceptors (Lipinski definition) is 2. The third kappa shape index (κ3) is 7.13. The number of guanidine groups is 1. The van der Waals surface area contributed by atoms with Crippen LogP contribution in [-0.4, -0.2) is 24.5 Å². The Bertz CT molecular complexity index is 634. The molecule has 124 valence electrons. The monoisotopic (exact) mass is 448 g/mol. The first kappa shape index (κ1) is 19.6. The molecule has 0 bridgehead atoms. The molecule has 1 aromatic carbocycles. The Morgan fingerprint density at radius 2 is 2.04 bits per heavy atom. The van der Waals surface area contributed by atoms with Crippen LogP contribution in [0.4, 0.5) is 4.39 Å². The average molecular weight is 449 g/mol. The van der Waals surface area contributed by atoms with Crippen molar-refractivity contribution in [3.05, 3.63) is 64.7 Å². The van der Waals surface area contributed by atoms with Crippen molar-refractivity contribution in [1.29, 1.82) is 0 Å². The summed E-state index contributed by atoms with van der Waals surface area (Å²) in [5, 5.41) is 6.84. The van der Waals surface area contributed by atoms with E-state index >= 15 is 0 Å². The van der Waals surface area contributed by atoms with Crippen LogP contribution in [0.2, 0.25) is 5.15 Å². The fourth-order valence-electron chi connectivity index (χ4n) is 1.93.